The molecule has 0 aromatic rings. The molecule has 0 aromatic heterocycles. The number of hydrogen-bond donors (Lipinski definition) is 0. The first-order chi connectivity index (χ1) is 3.39. The van der Waals surface area contributed by atoms with Gasteiger partial charge in [0.1, 0.15) is 0 Å². The zero-order chi connectivity index (χ0) is 5.11. The molecular formula is C7H13Ru2. The summed E-state index contributed by atoms with van der Waals surface area (Å²) in [7, 11) is 0. The predicted molar refractivity (Wildman–Crippen MR) is 31.9 cm³/mol. The monoisotopic (exact) mass is 301 g/mol. The third kappa shape index (κ3) is 5.68. The molecule has 2 heteroatoms. The van der Waals surface area contributed by atoms with Gasteiger partial charge in [-0.2, -0.15) is 12.8 Å². The Bertz CT molecular complexity index is 48.9. The van der Waals surface area contributed by atoms with Crippen LogP contribution in [0.5, 0.6) is 0 Å². The molecule has 0 aliphatic heterocycles. The van der Waals surface area contributed by atoms with Gasteiger partial charge in [-0.3, -0.25) is 0 Å². The van der Waals surface area contributed by atoms with E-state index in [1.54, 1.807) is 0 Å². The van der Waals surface area contributed by atoms with Crippen LogP contribution in [0.2, 0.25) is 0 Å². The van der Waals surface area contributed by atoms with Crippen molar-refractivity contribution in [1.29, 1.82) is 0 Å². The summed E-state index contributed by atoms with van der Waals surface area (Å²) in [4.78, 5) is 0. The molecule has 0 N–H and O–H groups in total. The van der Waals surface area contributed by atoms with Gasteiger partial charge in [-0.15, -0.1) is 0 Å². The van der Waals surface area contributed by atoms with Crippen molar-refractivity contribution in [3.63, 3.8) is 0 Å². The fourth-order valence-electron chi connectivity index (χ4n) is 1.09. The van der Waals surface area contributed by atoms with E-state index >= 15 is 0 Å². The fraction of sp³-hybridized carbons (Fsp3) is 0.857. The van der Waals surface area contributed by atoms with Crippen molar-refractivity contribution >= 4 is 0 Å². The molecule has 0 nitrogen and oxygen atoms in total. The average molecular weight is 299 g/mol. The van der Waals surface area contributed by atoms with Gasteiger partial charge in [-0.05, 0) is 5.92 Å². The van der Waals surface area contributed by atoms with Crippen LogP contribution in [0.4, 0.5) is 0 Å². The Kier molecular flexibility index (Phi) is 10.5. The Hall–Kier alpha value is 1.25. The molecule has 1 rings (SSSR count). The molecule has 0 unspecified atom stereocenters. The molecule has 0 aromatic carbocycles. The van der Waals surface area contributed by atoms with E-state index in [4.69, 9.17) is 0 Å². The van der Waals surface area contributed by atoms with E-state index in [0.717, 1.165) is 5.92 Å². The van der Waals surface area contributed by atoms with Crippen LogP contribution in [0.15, 0.2) is 0 Å². The third-order valence-electron chi connectivity index (χ3n) is 1.73. The Balaban J connectivity index is 0. The number of rotatable bonds is 0. The maximum atomic E-state index is 2.40. The first-order valence-electron chi connectivity index (χ1n) is 3.21. The molecular weight excluding hydrogens is 286 g/mol. The third-order valence-corrected chi connectivity index (χ3v) is 1.73. The Morgan fingerprint density at radius 1 is 1.22 bits per heavy atom. The van der Waals surface area contributed by atoms with Crippen LogP contribution in [-0.4, -0.2) is 0 Å². The van der Waals surface area contributed by atoms with Crippen molar-refractivity contribution in [3.8, 4) is 0 Å². The first kappa shape index (κ1) is 12.9. The standard InChI is InChI=1S/C7H13.2Ru/c1-7-5-3-2-4-6-7;;/h2,7H,3-6H2,1H3;;/q-1;;+1. The predicted octanol–water partition coefficient (Wildman–Crippen LogP) is 2.40. The minimum Gasteiger partial charge on any atom is -0.328 e. The molecule has 0 spiro atoms. The summed E-state index contributed by atoms with van der Waals surface area (Å²) < 4.78 is 0. The summed E-state index contributed by atoms with van der Waals surface area (Å²) in [6, 6.07) is 0. The molecule has 0 atom stereocenters. The van der Waals surface area contributed by atoms with Crippen LogP contribution in [-0.2, 0) is 39.0 Å². The summed E-state index contributed by atoms with van der Waals surface area (Å²) in [5.74, 6) is 1.00. The second kappa shape index (κ2) is 7.35. The Morgan fingerprint density at radius 2 is 1.67 bits per heavy atom. The molecule has 0 heterocycles. The van der Waals surface area contributed by atoms with Crippen LogP contribution < -0.4 is 0 Å². The number of hydrogen-bond acceptors (Lipinski definition) is 0. The normalized spacial score (nSPS) is 19.7. The molecule has 1 saturated carbocycles. The summed E-state index contributed by atoms with van der Waals surface area (Å²) in [6.45, 7) is 2.34. The molecule has 1 aliphatic rings. The fourth-order valence-corrected chi connectivity index (χ4v) is 1.09. The van der Waals surface area contributed by atoms with Crippen molar-refractivity contribution in [1.82, 2.24) is 0 Å². The zero-order valence-electron chi connectivity index (χ0n) is 5.69. The van der Waals surface area contributed by atoms with Crippen LogP contribution in [0.25, 0.3) is 0 Å². The van der Waals surface area contributed by atoms with Gasteiger partial charge in [0.25, 0.3) is 0 Å². The topological polar surface area (TPSA) is 0 Å². The summed E-state index contributed by atoms with van der Waals surface area (Å²) >= 11 is 0. The minimum absolute atomic E-state index is 0. The molecule has 9 heavy (non-hydrogen) atoms. The van der Waals surface area contributed by atoms with Gasteiger partial charge < -0.3 is 6.42 Å². The van der Waals surface area contributed by atoms with Crippen molar-refractivity contribution in [2.45, 2.75) is 32.6 Å². The largest absolute Gasteiger partial charge is 1.00 e. The molecule has 1 fully saturated rings. The van der Waals surface area contributed by atoms with Crippen molar-refractivity contribution in [3.05, 3.63) is 6.42 Å². The molecule has 1 radical (unpaired) electrons. The summed E-state index contributed by atoms with van der Waals surface area (Å²) in [5, 5.41) is 0. The second-order valence-electron chi connectivity index (χ2n) is 2.55. The molecule has 0 amide bonds. The van der Waals surface area contributed by atoms with Gasteiger partial charge in [-0.1, -0.05) is 19.8 Å². The van der Waals surface area contributed by atoms with Crippen LogP contribution in [0.1, 0.15) is 32.6 Å². The van der Waals surface area contributed by atoms with E-state index in [-0.39, 0.29) is 39.0 Å². The van der Waals surface area contributed by atoms with Crippen molar-refractivity contribution in [2.75, 3.05) is 0 Å². The zero-order valence-corrected chi connectivity index (χ0v) is 9.17. The molecule has 57 valence electrons. The van der Waals surface area contributed by atoms with Gasteiger partial charge >= 0.3 is 19.5 Å². The van der Waals surface area contributed by atoms with Gasteiger partial charge in [0.05, 0.1) is 0 Å². The van der Waals surface area contributed by atoms with Gasteiger partial charge in [0, 0.05) is 19.5 Å². The SMILES string of the molecule is CC1CC[CH-]CC1.[Ru+].[Ru]. The minimum atomic E-state index is 0. The van der Waals surface area contributed by atoms with Crippen molar-refractivity contribution < 1.29 is 39.0 Å². The molecule has 0 saturated heterocycles. The van der Waals surface area contributed by atoms with Gasteiger partial charge in [-0.25, -0.2) is 0 Å². The Labute approximate surface area is 83.7 Å². The quantitative estimate of drug-likeness (QED) is 0.476. The average Bonchev–Trinajstić information content (AvgIpc) is 1.69. The van der Waals surface area contributed by atoms with E-state index in [2.05, 4.69) is 13.3 Å². The maximum Gasteiger partial charge on any atom is 1.00 e. The second-order valence-corrected chi connectivity index (χ2v) is 2.55. The first-order valence-corrected chi connectivity index (χ1v) is 3.21. The molecule has 1 aliphatic carbocycles. The van der Waals surface area contributed by atoms with E-state index < -0.39 is 0 Å². The van der Waals surface area contributed by atoms with Crippen molar-refractivity contribution in [2.24, 2.45) is 5.92 Å². The smallest absolute Gasteiger partial charge is 0.328 e. The van der Waals surface area contributed by atoms with Crippen LogP contribution in [0, 0.1) is 12.3 Å². The summed E-state index contributed by atoms with van der Waals surface area (Å²) in [6.07, 6.45) is 7.99. The van der Waals surface area contributed by atoms with E-state index in [1.807, 2.05) is 0 Å². The van der Waals surface area contributed by atoms with E-state index in [0.29, 0.717) is 0 Å². The van der Waals surface area contributed by atoms with Gasteiger partial charge in [0.2, 0.25) is 0 Å². The van der Waals surface area contributed by atoms with Crippen LogP contribution >= 0.6 is 0 Å². The van der Waals surface area contributed by atoms with E-state index in [1.165, 1.54) is 25.7 Å². The van der Waals surface area contributed by atoms with E-state index in [9.17, 15) is 0 Å². The van der Waals surface area contributed by atoms with Gasteiger partial charge in [0.15, 0.2) is 0 Å². The maximum absolute atomic E-state index is 2.40. The Morgan fingerprint density at radius 3 is 1.89 bits per heavy atom. The summed E-state index contributed by atoms with van der Waals surface area (Å²) in [5.41, 5.74) is 0. The van der Waals surface area contributed by atoms with Crippen LogP contribution in [0.3, 0.4) is 0 Å². The molecule has 0 bridgehead atoms.